The van der Waals surface area contributed by atoms with Gasteiger partial charge in [-0.3, -0.25) is 0 Å². The maximum atomic E-state index is 6.33. The molecule has 3 nitrogen and oxygen atoms in total. The highest BCUT2D eigenvalue weighted by Gasteiger charge is 2.24. The van der Waals surface area contributed by atoms with E-state index in [1.807, 2.05) is 18.2 Å². The first-order valence-electron chi connectivity index (χ1n) is 5.89. The molecule has 2 rings (SSSR count). The molecule has 0 radical (unpaired) electrons. The molecule has 0 bridgehead atoms. The first-order valence-corrected chi connectivity index (χ1v) is 6.68. The van der Waals surface area contributed by atoms with E-state index in [2.05, 4.69) is 15.9 Å². The summed E-state index contributed by atoms with van der Waals surface area (Å²) in [6.07, 6.45) is 2.21. The average molecular weight is 300 g/mol. The van der Waals surface area contributed by atoms with Crippen LogP contribution in [0.3, 0.4) is 0 Å². The van der Waals surface area contributed by atoms with E-state index in [0.29, 0.717) is 5.92 Å². The molecule has 2 atom stereocenters. The van der Waals surface area contributed by atoms with Gasteiger partial charge in [-0.1, -0.05) is 15.9 Å². The van der Waals surface area contributed by atoms with E-state index < -0.39 is 0 Å². The molecule has 1 aromatic rings. The van der Waals surface area contributed by atoms with Crippen LogP contribution in [0.2, 0.25) is 0 Å². The summed E-state index contributed by atoms with van der Waals surface area (Å²) in [5, 5.41) is 0. The largest absolute Gasteiger partial charge is 0.496 e. The fourth-order valence-corrected chi connectivity index (χ4v) is 2.65. The lowest BCUT2D eigenvalue weighted by molar-refractivity contribution is 0.0444. The van der Waals surface area contributed by atoms with E-state index in [0.717, 1.165) is 41.8 Å². The van der Waals surface area contributed by atoms with Crippen molar-refractivity contribution in [2.75, 3.05) is 20.3 Å². The van der Waals surface area contributed by atoms with Gasteiger partial charge in [0, 0.05) is 28.6 Å². The van der Waals surface area contributed by atoms with E-state index in [1.165, 1.54) is 0 Å². The summed E-state index contributed by atoms with van der Waals surface area (Å²) in [5.41, 5.74) is 7.39. The van der Waals surface area contributed by atoms with Crippen LogP contribution in [-0.2, 0) is 4.74 Å². The van der Waals surface area contributed by atoms with Gasteiger partial charge in [0.15, 0.2) is 0 Å². The van der Waals surface area contributed by atoms with Crippen LogP contribution < -0.4 is 10.5 Å². The molecule has 17 heavy (non-hydrogen) atoms. The van der Waals surface area contributed by atoms with Gasteiger partial charge in [0.05, 0.1) is 13.7 Å². The summed E-state index contributed by atoms with van der Waals surface area (Å²) in [5.74, 6) is 1.23. The summed E-state index contributed by atoms with van der Waals surface area (Å²) in [6.45, 7) is 1.61. The van der Waals surface area contributed by atoms with Gasteiger partial charge in [-0.2, -0.15) is 0 Å². The van der Waals surface area contributed by atoms with Crippen LogP contribution in [-0.4, -0.2) is 20.3 Å². The monoisotopic (exact) mass is 299 g/mol. The molecule has 1 fully saturated rings. The Kier molecular flexibility index (Phi) is 4.42. The fourth-order valence-electron chi connectivity index (χ4n) is 2.27. The minimum absolute atomic E-state index is 0.0252. The van der Waals surface area contributed by atoms with Gasteiger partial charge in [0.25, 0.3) is 0 Å². The summed E-state index contributed by atoms with van der Waals surface area (Å²) in [7, 11) is 1.68. The molecule has 0 amide bonds. The standard InChI is InChI=1S/C13H18BrNO2/c1-16-12-5-4-10(14)7-11(12)13(15)9-3-2-6-17-8-9/h4-5,7,9,13H,2-3,6,8,15H2,1H3. The third-order valence-electron chi connectivity index (χ3n) is 3.25. The van der Waals surface area contributed by atoms with Gasteiger partial charge in [0.2, 0.25) is 0 Å². The van der Waals surface area contributed by atoms with Gasteiger partial charge in [-0.25, -0.2) is 0 Å². The summed E-state index contributed by atoms with van der Waals surface area (Å²) >= 11 is 3.48. The molecule has 1 aliphatic rings. The minimum Gasteiger partial charge on any atom is -0.496 e. The van der Waals surface area contributed by atoms with Crippen LogP contribution in [0.1, 0.15) is 24.4 Å². The zero-order chi connectivity index (χ0) is 12.3. The third-order valence-corrected chi connectivity index (χ3v) is 3.75. The van der Waals surface area contributed by atoms with Crippen LogP contribution in [0, 0.1) is 5.92 Å². The van der Waals surface area contributed by atoms with Crippen molar-refractivity contribution >= 4 is 15.9 Å². The Balaban J connectivity index is 2.21. The van der Waals surface area contributed by atoms with E-state index in [1.54, 1.807) is 7.11 Å². The highest BCUT2D eigenvalue weighted by Crippen LogP contribution is 2.34. The number of ether oxygens (including phenoxy) is 2. The van der Waals surface area contributed by atoms with Crippen molar-refractivity contribution in [1.29, 1.82) is 0 Å². The number of hydrogen-bond donors (Lipinski definition) is 1. The Bertz CT molecular complexity index is 378. The van der Waals surface area contributed by atoms with Gasteiger partial charge in [0.1, 0.15) is 5.75 Å². The van der Waals surface area contributed by atoms with Crippen molar-refractivity contribution in [3.63, 3.8) is 0 Å². The van der Waals surface area contributed by atoms with Crippen molar-refractivity contribution in [1.82, 2.24) is 0 Å². The average Bonchev–Trinajstić information content (AvgIpc) is 2.39. The highest BCUT2D eigenvalue weighted by molar-refractivity contribution is 9.10. The van der Waals surface area contributed by atoms with Crippen molar-refractivity contribution in [3.05, 3.63) is 28.2 Å². The Hall–Kier alpha value is -0.580. The lowest BCUT2D eigenvalue weighted by Crippen LogP contribution is -2.29. The SMILES string of the molecule is COc1ccc(Br)cc1C(N)C1CCCOC1. The summed E-state index contributed by atoms with van der Waals surface area (Å²) in [6, 6.07) is 5.93. The molecule has 0 aromatic heterocycles. The number of hydrogen-bond acceptors (Lipinski definition) is 3. The summed E-state index contributed by atoms with van der Waals surface area (Å²) in [4.78, 5) is 0. The number of halogens is 1. The van der Waals surface area contributed by atoms with E-state index in [9.17, 15) is 0 Å². The minimum atomic E-state index is -0.0252. The molecule has 0 spiro atoms. The number of benzene rings is 1. The molecule has 1 heterocycles. The molecule has 2 N–H and O–H groups in total. The molecule has 0 aliphatic carbocycles. The topological polar surface area (TPSA) is 44.5 Å². The lowest BCUT2D eigenvalue weighted by Gasteiger charge is -2.28. The zero-order valence-electron chi connectivity index (χ0n) is 9.99. The maximum Gasteiger partial charge on any atom is 0.123 e. The van der Waals surface area contributed by atoms with Crippen molar-refractivity contribution in [2.45, 2.75) is 18.9 Å². The van der Waals surface area contributed by atoms with Crippen molar-refractivity contribution in [3.8, 4) is 5.75 Å². The Morgan fingerprint density at radius 3 is 3.00 bits per heavy atom. The second-order valence-corrected chi connectivity index (χ2v) is 5.30. The molecular weight excluding hydrogens is 282 g/mol. The van der Waals surface area contributed by atoms with E-state index in [4.69, 9.17) is 15.2 Å². The molecule has 0 saturated carbocycles. The van der Waals surface area contributed by atoms with Crippen LogP contribution in [0.15, 0.2) is 22.7 Å². The van der Waals surface area contributed by atoms with Crippen LogP contribution in [0.4, 0.5) is 0 Å². The smallest absolute Gasteiger partial charge is 0.123 e. The number of rotatable bonds is 3. The predicted molar refractivity (Wildman–Crippen MR) is 71.2 cm³/mol. The second-order valence-electron chi connectivity index (χ2n) is 4.39. The molecule has 2 unspecified atom stereocenters. The van der Waals surface area contributed by atoms with E-state index in [-0.39, 0.29) is 6.04 Å². The Morgan fingerprint density at radius 1 is 1.53 bits per heavy atom. The molecule has 4 heteroatoms. The van der Waals surface area contributed by atoms with Crippen molar-refractivity contribution < 1.29 is 9.47 Å². The van der Waals surface area contributed by atoms with Gasteiger partial charge >= 0.3 is 0 Å². The highest BCUT2D eigenvalue weighted by atomic mass is 79.9. The lowest BCUT2D eigenvalue weighted by atomic mass is 9.89. The van der Waals surface area contributed by atoms with Crippen LogP contribution in [0.25, 0.3) is 0 Å². The normalized spacial score (nSPS) is 22.2. The molecule has 94 valence electrons. The molecular formula is C13H18BrNO2. The molecule has 1 saturated heterocycles. The quantitative estimate of drug-likeness (QED) is 0.933. The first kappa shape index (κ1) is 12.9. The van der Waals surface area contributed by atoms with Crippen LogP contribution in [0.5, 0.6) is 5.75 Å². The Morgan fingerprint density at radius 2 is 2.35 bits per heavy atom. The predicted octanol–water partition coefficient (Wildman–Crippen LogP) is 2.88. The van der Waals surface area contributed by atoms with E-state index >= 15 is 0 Å². The molecule has 1 aromatic carbocycles. The van der Waals surface area contributed by atoms with Gasteiger partial charge in [-0.15, -0.1) is 0 Å². The third kappa shape index (κ3) is 3.00. The van der Waals surface area contributed by atoms with Crippen LogP contribution >= 0.6 is 15.9 Å². The first-order chi connectivity index (χ1) is 8.22. The Labute approximate surface area is 110 Å². The van der Waals surface area contributed by atoms with Crippen molar-refractivity contribution in [2.24, 2.45) is 11.7 Å². The van der Waals surface area contributed by atoms with Gasteiger partial charge in [-0.05, 0) is 31.0 Å². The van der Waals surface area contributed by atoms with Gasteiger partial charge < -0.3 is 15.2 Å². The summed E-state index contributed by atoms with van der Waals surface area (Å²) < 4.78 is 11.9. The second kappa shape index (κ2) is 5.85. The molecule has 1 aliphatic heterocycles. The maximum absolute atomic E-state index is 6.33. The number of methoxy groups -OCH3 is 1. The fraction of sp³-hybridized carbons (Fsp3) is 0.538. The number of nitrogens with two attached hydrogens (primary N) is 1. The zero-order valence-corrected chi connectivity index (χ0v) is 11.6.